The molecule has 2 aliphatic heterocycles. The molecule has 0 saturated carbocycles. The van der Waals surface area contributed by atoms with Crippen LogP contribution < -0.4 is 15.0 Å². The van der Waals surface area contributed by atoms with Gasteiger partial charge in [0.05, 0.1) is 12.5 Å². The van der Waals surface area contributed by atoms with Crippen LogP contribution in [0.25, 0.3) is 11.1 Å². The van der Waals surface area contributed by atoms with Crippen molar-refractivity contribution >= 4 is 23.4 Å². The van der Waals surface area contributed by atoms with Crippen molar-refractivity contribution < 1.29 is 32.2 Å². The molecule has 5 rings (SSSR count). The predicted octanol–water partition coefficient (Wildman–Crippen LogP) is 6.27. The van der Waals surface area contributed by atoms with Crippen LogP contribution in [0.15, 0.2) is 60.8 Å². The number of pyridine rings is 1. The van der Waals surface area contributed by atoms with Gasteiger partial charge >= 0.3 is 12.3 Å². The molecule has 2 aromatic carbocycles. The van der Waals surface area contributed by atoms with Crippen molar-refractivity contribution in [3.63, 3.8) is 0 Å². The Kier molecular flexibility index (Phi) is 9.49. The highest BCUT2D eigenvalue weighted by molar-refractivity contribution is 6.04. The number of nitrogens with one attached hydrogen (secondary N) is 1. The molecule has 0 spiro atoms. The third-order valence-electron chi connectivity index (χ3n) is 7.83. The van der Waals surface area contributed by atoms with Gasteiger partial charge in [-0.05, 0) is 99.3 Å². The van der Waals surface area contributed by atoms with Crippen molar-refractivity contribution in [1.82, 2.24) is 9.88 Å². The first-order chi connectivity index (χ1) is 20.7. The molecular formula is C32H35F3N4O4. The summed E-state index contributed by atoms with van der Waals surface area (Å²) in [6, 6.07) is 14.9. The molecule has 43 heavy (non-hydrogen) atoms. The molecule has 228 valence electrons. The Bertz CT molecular complexity index is 1400. The van der Waals surface area contributed by atoms with Crippen molar-refractivity contribution in [1.29, 1.82) is 0 Å². The van der Waals surface area contributed by atoms with E-state index in [9.17, 15) is 22.8 Å². The Morgan fingerprint density at radius 3 is 2.28 bits per heavy atom. The predicted molar refractivity (Wildman–Crippen MR) is 157 cm³/mol. The number of amides is 1. The maximum Gasteiger partial charge on any atom is 0.573 e. The molecule has 2 aliphatic rings. The van der Waals surface area contributed by atoms with Crippen molar-refractivity contribution in [2.75, 3.05) is 43.0 Å². The lowest BCUT2D eigenvalue weighted by molar-refractivity contribution is -0.274. The Hall–Kier alpha value is -4.12. The van der Waals surface area contributed by atoms with Crippen LogP contribution in [-0.4, -0.2) is 60.9 Å². The summed E-state index contributed by atoms with van der Waals surface area (Å²) in [7, 11) is 0. The lowest BCUT2D eigenvalue weighted by Crippen LogP contribution is -2.37. The molecule has 1 aromatic heterocycles. The van der Waals surface area contributed by atoms with E-state index in [1.54, 1.807) is 30.5 Å². The summed E-state index contributed by atoms with van der Waals surface area (Å²) in [5.74, 6) is -0.397. The van der Waals surface area contributed by atoms with E-state index >= 15 is 0 Å². The molecule has 3 heterocycles. The number of ether oxygens (including phenoxy) is 2. The van der Waals surface area contributed by atoms with Gasteiger partial charge in [0.25, 0.3) is 5.91 Å². The van der Waals surface area contributed by atoms with Crippen molar-refractivity contribution in [2.45, 2.75) is 45.5 Å². The van der Waals surface area contributed by atoms with Gasteiger partial charge < -0.3 is 19.7 Å². The lowest BCUT2D eigenvalue weighted by Gasteiger charge is -2.32. The monoisotopic (exact) mass is 596 g/mol. The van der Waals surface area contributed by atoms with Crippen LogP contribution in [0, 0.1) is 5.92 Å². The Labute approximate surface area is 248 Å². The lowest BCUT2D eigenvalue weighted by atomic mass is 9.96. The number of alkyl halides is 3. The minimum Gasteiger partial charge on any atom is -0.466 e. The summed E-state index contributed by atoms with van der Waals surface area (Å²) >= 11 is 0. The number of hydrogen-bond donors (Lipinski definition) is 1. The van der Waals surface area contributed by atoms with E-state index in [4.69, 9.17) is 4.74 Å². The van der Waals surface area contributed by atoms with Gasteiger partial charge in [-0.2, -0.15) is 0 Å². The largest absolute Gasteiger partial charge is 0.573 e. The third-order valence-corrected chi connectivity index (χ3v) is 7.83. The number of nitrogens with zero attached hydrogens (tertiary/aromatic N) is 3. The van der Waals surface area contributed by atoms with Crippen LogP contribution in [0.5, 0.6) is 5.75 Å². The van der Waals surface area contributed by atoms with E-state index in [1.165, 1.54) is 12.1 Å². The summed E-state index contributed by atoms with van der Waals surface area (Å²) in [6.07, 6.45) is 0.554. The first-order valence-electron chi connectivity index (χ1n) is 14.6. The van der Waals surface area contributed by atoms with Crippen LogP contribution in [0.3, 0.4) is 0 Å². The number of likely N-dealkylation sites (tertiary alicyclic amines) is 1. The fourth-order valence-corrected chi connectivity index (χ4v) is 5.62. The van der Waals surface area contributed by atoms with Crippen LogP contribution >= 0.6 is 0 Å². The second-order valence-corrected chi connectivity index (χ2v) is 10.8. The zero-order valence-corrected chi connectivity index (χ0v) is 24.0. The van der Waals surface area contributed by atoms with Crippen LogP contribution in [0.4, 0.5) is 24.7 Å². The van der Waals surface area contributed by atoms with E-state index in [0.29, 0.717) is 30.1 Å². The average molecular weight is 597 g/mol. The molecule has 0 unspecified atom stereocenters. The quantitative estimate of drug-likeness (QED) is 0.291. The second kappa shape index (κ2) is 13.5. The molecule has 0 aliphatic carbocycles. The molecule has 1 amide bonds. The van der Waals surface area contributed by atoms with Gasteiger partial charge in [-0.15, -0.1) is 13.2 Å². The van der Waals surface area contributed by atoms with Crippen molar-refractivity contribution in [2.24, 2.45) is 5.92 Å². The number of esters is 1. The normalized spacial score (nSPS) is 16.2. The Morgan fingerprint density at radius 2 is 1.65 bits per heavy atom. The first-order valence-corrected chi connectivity index (χ1v) is 14.6. The smallest absolute Gasteiger partial charge is 0.466 e. The topological polar surface area (TPSA) is 84.0 Å². The summed E-state index contributed by atoms with van der Waals surface area (Å²) < 4.78 is 47.0. The molecule has 8 nitrogen and oxygen atoms in total. The molecule has 11 heteroatoms. The van der Waals surface area contributed by atoms with Gasteiger partial charge in [-0.3, -0.25) is 14.5 Å². The number of halogens is 3. The van der Waals surface area contributed by atoms with Crippen molar-refractivity contribution in [3.05, 3.63) is 71.9 Å². The number of anilines is 2. The molecule has 1 N–H and O–H groups in total. The van der Waals surface area contributed by atoms with E-state index in [-0.39, 0.29) is 23.5 Å². The first kappa shape index (κ1) is 30.3. The summed E-state index contributed by atoms with van der Waals surface area (Å²) in [6.45, 7) is 6.21. The maximum absolute atomic E-state index is 13.1. The zero-order chi connectivity index (χ0) is 30.4. The number of piperidine rings is 1. The molecule has 0 bridgehead atoms. The van der Waals surface area contributed by atoms with Gasteiger partial charge in [-0.1, -0.05) is 12.1 Å². The van der Waals surface area contributed by atoms with Gasteiger partial charge in [0.2, 0.25) is 0 Å². The van der Waals surface area contributed by atoms with Crippen molar-refractivity contribution in [3.8, 4) is 16.9 Å². The Balaban J connectivity index is 1.26. The van der Waals surface area contributed by atoms with E-state index < -0.39 is 6.36 Å². The molecular weight excluding hydrogens is 561 g/mol. The number of hydrogen-bond acceptors (Lipinski definition) is 7. The van der Waals surface area contributed by atoms with Crippen LogP contribution in [0.2, 0.25) is 0 Å². The molecule has 0 atom stereocenters. The summed E-state index contributed by atoms with van der Waals surface area (Å²) in [5.41, 5.74) is 3.87. The number of benzene rings is 2. The average Bonchev–Trinajstić information content (AvgIpc) is 3.50. The highest BCUT2D eigenvalue weighted by Gasteiger charge is 2.31. The van der Waals surface area contributed by atoms with E-state index in [2.05, 4.69) is 24.8 Å². The zero-order valence-electron chi connectivity index (χ0n) is 24.0. The van der Waals surface area contributed by atoms with Gasteiger partial charge in [-0.25, -0.2) is 4.98 Å². The van der Waals surface area contributed by atoms with Gasteiger partial charge in [0.1, 0.15) is 11.6 Å². The summed E-state index contributed by atoms with van der Waals surface area (Å²) in [5, 5.41) is 2.89. The standard InChI is InChI=1S/C32H35F3N4O4/c1-2-42-31(41)24-13-17-39(18-14-24)26-9-5-23(6-10-26)30(40)37-29-19-25(21-38-15-3-4-16-38)28(20-36-29)22-7-11-27(12-8-22)43-32(33,34)35/h5-12,19-20,24H,2-4,13-18,21H2,1H3,(H,36,37,40). The highest BCUT2D eigenvalue weighted by atomic mass is 19.4. The molecule has 2 saturated heterocycles. The maximum atomic E-state index is 13.1. The highest BCUT2D eigenvalue weighted by Crippen LogP contribution is 2.31. The molecule has 2 fully saturated rings. The van der Waals surface area contributed by atoms with Gasteiger partial charge in [0, 0.05) is 42.6 Å². The fraction of sp³-hybridized carbons (Fsp3) is 0.406. The number of rotatable bonds is 9. The van der Waals surface area contributed by atoms with E-state index in [1.807, 2.05) is 25.1 Å². The van der Waals surface area contributed by atoms with Crippen LogP contribution in [-0.2, 0) is 16.1 Å². The minimum absolute atomic E-state index is 0.0711. The molecule has 0 radical (unpaired) electrons. The SMILES string of the molecule is CCOC(=O)C1CCN(c2ccc(C(=O)Nc3cc(CN4CCCC4)c(-c4ccc(OC(F)(F)F)cc4)cn3)cc2)CC1. The van der Waals surface area contributed by atoms with Crippen LogP contribution in [0.1, 0.15) is 48.5 Å². The number of aromatic nitrogens is 1. The van der Waals surface area contributed by atoms with E-state index in [0.717, 1.165) is 68.7 Å². The summed E-state index contributed by atoms with van der Waals surface area (Å²) in [4.78, 5) is 34.1. The molecule has 3 aromatic rings. The van der Waals surface area contributed by atoms with Gasteiger partial charge in [0.15, 0.2) is 0 Å². The second-order valence-electron chi connectivity index (χ2n) is 10.8. The Morgan fingerprint density at radius 1 is 0.977 bits per heavy atom. The number of carbonyl (C=O) groups excluding carboxylic acids is 2. The minimum atomic E-state index is -4.76. The third kappa shape index (κ3) is 8.04. The fourth-order valence-electron chi connectivity index (χ4n) is 5.62. The number of carbonyl (C=O) groups is 2.